The third-order valence-electron chi connectivity index (χ3n) is 2.42. The van der Waals surface area contributed by atoms with E-state index in [9.17, 15) is 9.18 Å². The molecule has 2 nitrogen and oxygen atoms in total. The SMILES string of the molecule is O=C(Nc1c(Cl)cc(Cl)cc1Cl)c1ccc(Br)cc1F. The minimum Gasteiger partial charge on any atom is -0.319 e. The van der Waals surface area contributed by atoms with Crippen LogP contribution >= 0.6 is 50.7 Å². The Kier molecular flexibility index (Phi) is 4.91. The second-order valence-electron chi connectivity index (χ2n) is 3.82. The van der Waals surface area contributed by atoms with Gasteiger partial charge in [0.1, 0.15) is 5.82 Å². The normalized spacial score (nSPS) is 10.4. The second-order valence-corrected chi connectivity index (χ2v) is 5.99. The minimum atomic E-state index is -0.655. The van der Waals surface area contributed by atoms with Gasteiger partial charge in [0.05, 0.1) is 21.3 Å². The molecule has 0 bridgehead atoms. The van der Waals surface area contributed by atoms with Crippen molar-refractivity contribution in [2.75, 3.05) is 5.32 Å². The number of carbonyl (C=O) groups excluding carboxylic acids is 1. The van der Waals surface area contributed by atoms with E-state index in [0.717, 1.165) is 0 Å². The molecule has 2 rings (SSSR count). The van der Waals surface area contributed by atoms with Gasteiger partial charge in [0, 0.05) is 9.50 Å². The van der Waals surface area contributed by atoms with Crippen molar-refractivity contribution in [1.29, 1.82) is 0 Å². The maximum absolute atomic E-state index is 13.7. The van der Waals surface area contributed by atoms with Crippen LogP contribution in [-0.2, 0) is 0 Å². The van der Waals surface area contributed by atoms with Crippen LogP contribution < -0.4 is 5.32 Å². The number of halogens is 5. The van der Waals surface area contributed by atoms with Crippen LogP contribution in [0.5, 0.6) is 0 Å². The van der Waals surface area contributed by atoms with Gasteiger partial charge in [-0.15, -0.1) is 0 Å². The van der Waals surface area contributed by atoms with Crippen molar-refractivity contribution in [1.82, 2.24) is 0 Å². The molecule has 104 valence electrons. The summed E-state index contributed by atoms with van der Waals surface area (Å²) in [7, 11) is 0. The van der Waals surface area contributed by atoms with Crippen molar-refractivity contribution in [3.8, 4) is 0 Å². The second kappa shape index (κ2) is 6.31. The molecule has 7 heteroatoms. The van der Waals surface area contributed by atoms with E-state index >= 15 is 0 Å². The molecular weight excluding hydrogens is 391 g/mol. The first-order valence-electron chi connectivity index (χ1n) is 5.29. The van der Waals surface area contributed by atoms with Crippen molar-refractivity contribution < 1.29 is 9.18 Å². The van der Waals surface area contributed by atoms with E-state index in [1.807, 2.05) is 0 Å². The van der Waals surface area contributed by atoms with E-state index in [1.54, 1.807) is 6.07 Å². The van der Waals surface area contributed by atoms with Gasteiger partial charge in [-0.3, -0.25) is 4.79 Å². The van der Waals surface area contributed by atoms with Crippen LogP contribution in [0.4, 0.5) is 10.1 Å². The van der Waals surface area contributed by atoms with Gasteiger partial charge >= 0.3 is 0 Å². The maximum atomic E-state index is 13.7. The highest BCUT2D eigenvalue weighted by molar-refractivity contribution is 9.10. The Morgan fingerprint density at radius 3 is 2.25 bits per heavy atom. The Balaban J connectivity index is 2.33. The molecule has 1 N–H and O–H groups in total. The van der Waals surface area contributed by atoms with Crippen LogP contribution in [-0.4, -0.2) is 5.91 Å². The van der Waals surface area contributed by atoms with Crippen LogP contribution in [0.1, 0.15) is 10.4 Å². The van der Waals surface area contributed by atoms with E-state index in [1.165, 1.54) is 24.3 Å². The molecule has 0 spiro atoms. The zero-order valence-electron chi connectivity index (χ0n) is 9.68. The number of anilines is 1. The standard InChI is InChI=1S/C13H6BrCl3FNO/c14-6-1-2-8(11(18)3-6)13(20)19-12-9(16)4-7(15)5-10(12)17/h1-5H,(H,19,20). The molecule has 0 unspecified atom stereocenters. The van der Waals surface area contributed by atoms with Crippen molar-refractivity contribution in [3.05, 3.63) is 61.3 Å². The largest absolute Gasteiger partial charge is 0.319 e. The predicted molar refractivity (Wildman–Crippen MR) is 83.5 cm³/mol. The summed E-state index contributed by atoms with van der Waals surface area (Å²) in [5.41, 5.74) is 0.0698. The highest BCUT2D eigenvalue weighted by Gasteiger charge is 2.16. The number of hydrogen-bond donors (Lipinski definition) is 1. The van der Waals surface area contributed by atoms with E-state index in [4.69, 9.17) is 34.8 Å². The molecule has 0 radical (unpaired) electrons. The van der Waals surface area contributed by atoms with Crippen molar-refractivity contribution in [3.63, 3.8) is 0 Å². The first-order valence-corrected chi connectivity index (χ1v) is 7.22. The molecule has 0 aliphatic heterocycles. The third-order valence-corrected chi connectivity index (χ3v) is 3.73. The summed E-state index contributed by atoms with van der Waals surface area (Å²) in [6.45, 7) is 0. The zero-order chi connectivity index (χ0) is 14.9. The molecule has 2 aromatic rings. The minimum absolute atomic E-state index is 0.115. The zero-order valence-corrected chi connectivity index (χ0v) is 13.5. The van der Waals surface area contributed by atoms with Crippen molar-refractivity contribution in [2.24, 2.45) is 0 Å². The molecule has 20 heavy (non-hydrogen) atoms. The summed E-state index contributed by atoms with van der Waals surface area (Å²) in [5.74, 6) is -1.31. The Labute approximate surface area is 138 Å². The van der Waals surface area contributed by atoms with Gasteiger partial charge < -0.3 is 5.32 Å². The van der Waals surface area contributed by atoms with E-state index in [-0.39, 0.29) is 21.3 Å². The molecular formula is C13H6BrCl3FNO. The summed E-state index contributed by atoms with van der Waals surface area (Å²) < 4.78 is 14.2. The quantitative estimate of drug-likeness (QED) is 0.682. The van der Waals surface area contributed by atoms with Crippen molar-refractivity contribution in [2.45, 2.75) is 0 Å². The summed E-state index contributed by atoms with van der Waals surface area (Å²) in [6, 6.07) is 6.97. The van der Waals surface area contributed by atoms with Gasteiger partial charge in [0.25, 0.3) is 5.91 Å². The summed E-state index contributed by atoms with van der Waals surface area (Å²) in [5, 5.41) is 3.15. The molecule has 0 fully saturated rings. The van der Waals surface area contributed by atoms with Gasteiger partial charge in [0.2, 0.25) is 0 Å². The first kappa shape index (κ1) is 15.6. The summed E-state index contributed by atoms with van der Waals surface area (Å²) in [6.07, 6.45) is 0. The van der Waals surface area contributed by atoms with Gasteiger partial charge in [-0.2, -0.15) is 0 Å². The lowest BCUT2D eigenvalue weighted by Gasteiger charge is -2.10. The number of hydrogen-bond acceptors (Lipinski definition) is 1. The van der Waals surface area contributed by atoms with E-state index in [2.05, 4.69) is 21.2 Å². The van der Waals surface area contributed by atoms with E-state index < -0.39 is 11.7 Å². The predicted octanol–water partition coefficient (Wildman–Crippen LogP) is 5.80. The average Bonchev–Trinajstić information content (AvgIpc) is 2.33. The summed E-state index contributed by atoms with van der Waals surface area (Å²) in [4.78, 5) is 12.0. The first-order chi connectivity index (χ1) is 9.38. The van der Waals surface area contributed by atoms with Crippen molar-refractivity contribution >= 4 is 62.3 Å². The Morgan fingerprint density at radius 2 is 1.70 bits per heavy atom. The van der Waals surface area contributed by atoms with Crippen LogP contribution in [0.15, 0.2) is 34.8 Å². The molecule has 2 aromatic carbocycles. The lowest BCUT2D eigenvalue weighted by atomic mass is 10.2. The summed E-state index contributed by atoms with van der Waals surface area (Å²) >= 11 is 20.8. The molecule has 0 heterocycles. The van der Waals surface area contributed by atoms with Crippen LogP contribution in [0.2, 0.25) is 15.1 Å². The number of nitrogens with one attached hydrogen (secondary N) is 1. The van der Waals surface area contributed by atoms with Crippen LogP contribution in [0.3, 0.4) is 0 Å². The topological polar surface area (TPSA) is 29.1 Å². The van der Waals surface area contributed by atoms with Gasteiger partial charge in [-0.05, 0) is 30.3 Å². The Bertz CT molecular complexity index is 670. The molecule has 0 aliphatic carbocycles. The molecule has 0 atom stereocenters. The lowest BCUT2D eigenvalue weighted by molar-refractivity contribution is 0.102. The lowest BCUT2D eigenvalue weighted by Crippen LogP contribution is -2.14. The molecule has 0 aromatic heterocycles. The number of benzene rings is 2. The fraction of sp³-hybridized carbons (Fsp3) is 0. The van der Waals surface area contributed by atoms with Crippen LogP contribution in [0.25, 0.3) is 0 Å². The monoisotopic (exact) mass is 395 g/mol. The molecule has 1 amide bonds. The highest BCUT2D eigenvalue weighted by atomic mass is 79.9. The van der Waals surface area contributed by atoms with E-state index in [0.29, 0.717) is 9.50 Å². The van der Waals surface area contributed by atoms with Gasteiger partial charge in [-0.1, -0.05) is 50.7 Å². The van der Waals surface area contributed by atoms with Gasteiger partial charge in [-0.25, -0.2) is 4.39 Å². The van der Waals surface area contributed by atoms with Crippen LogP contribution in [0, 0.1) is 5.82 Å². The number of amides is 1. The molecule has 0 saturated carbocycles. The third kappa shape index (κ3) is 3.44. The maximum Gasteiger partial charge on any atom is 0.258 e. The smallest absolute Gasteiger partial charge is 0.258 e. The van der Waals surface area contributed by atoms with Gasteiger partial charge in [0.15, 0.2) is 0 Å². The fourth-order valence-corrected chi connectivity index (χ4v) is 2.76. The Hall–Kier alpha value is -0.810. The fourth-order valence-electron chi connectivity index (χ4n) is 1.52. The molecule has 0 aliphatic rings. The number of rotatable bonds is 2. The Morgan fingerprint density at radius 1 is 1.10 bits per heavy atom. The average molecular weight is 397 g/mol. The highest BCUT2D eigenvalue weighted by Crippen LogP contribution is 2.34. The molecule has 0 saturated heterocycles. The number of carbonyl (C=O) groups is 1.